The molecule has 0 saturated heterocycles. The van der Waals surface area contributed by atoms with Crippen molar-refractivity contribution in [2.45, 2.75) is 66.5 Å². The van der Waals surface area contributed by atoms with Gasteiger partial charge in [0.25, 0.3) is 0 Å². The standard InChI is InChI=1S/C16H36N2/c1-11-15(3,4)13(17(7)8)14(18(9)10)16(5,6)12-2/h13-14H,11-12H2,1-10H3. The Labute approximate surface area is 116 Å². The van der Waals surface area contributed by atoms with Crippen LogP contribution < -0.4 is 0 Å². The van der Waals surface area contributed by atoms with Crippen LogP contribution in [0, 0.1) is 10.8 Å². The number of likely N-dealkylation sites (N-methyl/N-ethyl adjacent to an activating group) is 2. The zero-order valence-electron chi connectivity index (χ0n) is 14.5. The van der Waals surface area contributed by atoms with Gasteiger partial charge in [0.2, 0.25) is 0 Å². The van der Waals surface area contributed by atoms with E-state index in [-0.39, 0.29) is 0 Å². The Balaban J connectivity index is 5.54. The van der Waals surface area contributed by atoms with Gasteiger partial charge in [-0.05, 0) is 51.9 Å². The second-order valence-electron chi connectivity index (χ2n) is 7.50. The molecule has 0 bridgehead atoms. The first-order valence-electron chi connectivity index (χ1n) is 7.34. The highest BCUT2D eigenvalue weighted by atomic mass is 15.2. The average Bonchev–Trinajstić information content (AvgIpc) is 2.23. The van der Waals surface area contributed by atoms with E-state index >= 15 is 0 Å². The van der Waals surface area contributed by atoms with Crippen molar-refractivity contribution in [2.24, 2.45) is 10.8 Å². The van der Waals surface area contributed by atoms with Crippen LogP contribution in [-0.2, 0) is 0 Å². The second-order valence-corrected chi connectivity index (χ2v) is 7.50. The summed E-state index contributed by atoms with van der Waals surface area (Å²) in [6.45, 7) is 14.2. The topological polar surface area (TPSA) is 6.48 Å². The predicted octanol–water partition coefficient (Wildman–Crippen LogP) is 3.72. The molecule has 0 aliphatic rings. The van der Waals surface area contributed by atoms with E-state index in [0.29, 0.717) is 22.9 Å². The summed E-state index contributed by atoms with van der Waals surface area (Å²) in [7, 11) is 8.91. The van der Waals surface area contributed by atoms with E-state index in [0.717, 1.165) is 0 Å². The minimum Gasteiger partial charge on any atom is -0.304 e. The lowest BCUT2D eigenvalue weighted by Gasteiger charge is -2.51. The molecule has 0 amide bonds. The quantitative estimate of drug-likeness (QED) is 0.685. The maximum Gasteiger partial charge on any atom is 0.0301 e. The van der Waals surface area contributed by atoms with Gasteiger partial charge in [-0.3, -0.25) is 0 Å². The molecule has 0 N–H and O–H groups in total. The fourth-order valence-corrected chi connectivity index (χ4v) is 3.24. The van der Waals surface area contributed by atoms with Crippen LogP contribution in [0.3, 0.4) is 0 Å². The fourth-order valence-electron chi connectivity index (χ4n) is 3.24. The lowest BCUT2D eigenvalue weighted by molar-refractivity contribution is -0.00836. The molecule has 2 atom stereocenters. The Kier molecular flexibility index (Phi) is 6.35. The molecule has 0 aromatic carbocycles. The molecule has 0 aromatic rings. The molecule has 2 unspecified atom stereocenters. The average molecular weight is 256 g/mol. The first-order chi connectivity index (χ1) is 8.01. The summed E-state index contributed by atoms with van der Waals surface area (Å²) >= 11 is 0. The molecule has 0 saturated carbocycles. The van der Waals surface area contributed by atoms with Gasteiger partial charge in [-0.1, -0.05) is 41.5 Å². The molecular weight excluding hydrogens is 220 g/mol. The van der Waals surface area contributed by atoms with Crippen molar-refractivity contribution in [3.63, 3.8) is 0 Å². The van der Waals surface area contributed by atoms with Crippen LogP contribution in [0.1, 0.15) is 54.4 Å². The van der Waals surface area contributed by atoms with E-state index in [1.54, 1.807) is 0 Å². The van der Waals surface area contributed by atoms with Crippen LogP contribution in [-0.4, -0.2) is 50.1 Å². The van der Waals surface area contributed by atoms with Crippen molar-refractivity contribution in [3.8, 4) is 0 Å². The van der Waals surface area contributed by atoms with Gasteiger partial charge in [-0.2, -0.15) is 0 Å². The van der Waals surface area contributed by atoms with Gasteiger partial charge in [0, 0.05) is 12.1 Å². The van der Waals surface area contributed by atoms with Crippen molar-refractivity contribution in [1.29, 1.82) is 0 Å². The van der Waals surface area contributed by atoms with E-state index in [1.807, 2.05) is 0 Å². The molecule has 0 fully saturated rings. The van der Waals surface area contributed by atoms with Crippen LogP contribution >= 0.6 is 0 Å². The van der Waals surface area contributed by atoms with Gasteiger partial charge in [0.05, 0.1) is 0 Å². The SMILES string of the molecule is CCC(C)(C)C(C(N(C)C)C(C)(C)CC)N(C)C. The first kappa shape index (κ1) is 17.9. The van der Waals surface area contributed by atoms with Crippen LogP contribution in [0.2, 0.25) is 0 Å². The summed E-state index contributed by atoms with van der Waals surface area (Å²) in [6.07, 6.45) is 2.42. The molecule has 0 aromatic heterocycles. The van der Waals surface area contributed by atoms with Crippen molar-refractivity contribution < 1.29 is 0 Å². The summed E-state index contributed by atoms with van der Waals surface area (Å²) in [5.41, 5.74) is 0.649. The molecule has 0 aliphatic carbocycles. The molecule has 0 spiro atoms. The molecule has 110 valence electrons. The van der Waals surface area contributed by atoms with Crippen LogP contribution in [0.5, 0.6) is 0 Å². The van der Waals surface area contributed by atoms with Crippen LogP contribution in [0.15, 0.2) is 0 Å². The molecule has 2 heteroatoms. The molecule has 0 radical (unpaired) electrons. The lowest BCUT2D eigenvalue weighted by Crippen LogP contribution is -2.59. The van der Waals surface area contributed by atoms with E-state index in [2.05, 4.69) is 79.5 Å². The molecule has 2 nitrogen and oxygen atoms in total. The number of rotatable bonds is 7. The third kappa shape index (κ3) is 3.96. The molecular formula is C16H36N2. The van der Waals surface area contributed by atoms with Crippen molar-refractivity contribution in [1.82, 2.24) is 9.80 Å². The highest BCUT2D eigenvalue weighted by molar-refractivity contribution is 4.99. The molecule has 0 heterocycles. The van der Waals surface area contributed by atoms with E-state index in [4.69, 9.17) is 0 Å². The van der Waals surface area contributed by atoms with Gasteiger partial charge < -0.3 is 9.80 Å². The van der Waals surface area contributed by atoms with E-state index < -0.39 is 0 Å². The summed E-state index contributed by atoms with van der Waals surface area (Å²) in [4.78, 5) is 4.84. The Morgan fingerprint density at radius 1 is 0.667 bits per heavy atom. The molecule has 18 heavy (non-hydrogen) atoms. The number of hydrogen-bond acceptors (Lipinski definition) is 2. The van der Waals surface area contributed by atoms with Crippen LogP contribution in [0.25, 0.3) is 0 Å². The normalized spacial score (nSPS) is 17.3. The Morgan fingerprint density at radius 2 is 0.889 bits per heavy atom. The van der Waals surface area contributed by atoms with Crippen molar-refractivity contribution in [3.05, 3.63) is 0 Å². The van der Waals surface area contributed by atoms with Crippen LogP contribution in [0.4, 0.5) is 0 Å². The van der Waals surface area contributed by atoms with Crippen molar-refractivity contribution >= 4 is 0 Å². The monoisotopic (exact) mass is 256 g/mol. The lowest BCUT2D eigenvalue weighted by atomic mass is 9.68. The fraction of sp³-hybridized carbons (Fsp3) is 1.00. The zero-order valence-corrected chi connectivity index (χ0v) is 14.5. The predicted molar refractivity (Wildman–Crippen MR) is 83.1 cm³/mol. The number of hydrogen-bond donors (Lipinski definition) is 0. The Morgan fingerprint density at radius 3 is 1.00 bits per heavy atom. The molecule has 0 aliphatic heterocycles. The maximum absolute atomic E-state index is 2.42. The van der Waals surface area contributed by atoms with Gasteiger partial charge >= 0.3 is 0 Å². The second kappa shape index (κ2) is 6.38. The van der Waals surface area contributed by atoms with E-state index in [9.17, 15) is 0 Å². The van der Waals surface area contributed by atoms with Gasteiger partial charge in [-0.15, -0.1) is 0 Å². The van der Waals surface area contributed by atoms with Gasteiger partial charge in [-0.25, -0.2) is 0 Å². The molecule has 0 rings (SSSR count). The highest BCUT2D eigenvalue weighted by Gasteiger charge is 2.43. The summed E-state index contributed by atoms with van der Waals surface area (Å²) < 4.78 is 0. The smallest absolute Gasteiger partial charge is 0.0301 e. The van der Waals surface area contributed by atoms with Gasteiger partial charge in [0.1, 0.15) is 0 Å². The zero-order chi connectivity index (χ0) is 14.7. The minimum atomic E-state index is 0.324. The Bertz CT molecular complexity index is 215. The number of nitrogens with zero attached hydrogens (tertiary/aromatic N) is 2. The first-order valence-corrected chi connectivity index (χ1v) is 7.34. The largest absolute Gasteiger partial charge is 0.304 e. The van der Waals surface area contributed by atoms with E-state index in [1.165, 1.54) is 12.8 Å². The summed E-state index contributed by atoms with van der Waals surface area (Å²) in [6, 6.07) is 1.12. The highest BCUT2D eigenvalue weighted by Crippen LogP contribution is 2.39. The maximum atomic E-state index is 2.42. The Hall–Kier alpha value is -0.0800. The summed E-state index contributed by atoms with van der Waals surface area (Å²) in [5.74, 6) is 0. The van der Waals surface area contributed by atoms with Crippen molar-refractivity contribution in [2.75, 3.05) is 28.2 Å². The third-order valence-corrected chi connectivity index (χ3v) is 4.84. The third-order valence-electron chi connectivity index (χ3n) is 4.84. The minimum absolute atomic E-state index is 0.324. The summed E-state index contributed by atoms with van der Waals surface area (Å²) in [5, 5.41) is 0. The van der Waals surface area contributed by atoms with Gasteiger partial charge in [0.15, 0.2) is 0 Å².